The van der Waals surface area contributed by atoms with Gasteiger partial charge in [-0.3, -0.25) is 0 Å². The summed E-state index contributed by atoms with van der Waals surface area (Å²) in [4.78, 5) is 4.37. The van der Waals surface area contributed by atoms with Crippen LogP contribution in [0.25, 0.3) is 0 Å². The molecule has 6 nitrogen and oxygen atoms in total. The lowest BCUT2D eigenvalue weighted by Gasteiger charge is -2.35. The second-order valence-corrected chi connectivity index (χ2v) is 6.87. The van der Waals surface area contributed by atoms with E-state index in [9.17, 15) is 8.42 Å². The molecule has 1 fully saturated rings. The van der Waals surface area contributed by atoms with E-state index in [0.717, 1.165) is 0 Å². The van der Waals surface area contributed by atoms with Gasteiger partial charge in [-0.25, -0.2) is 13.4 Å². The van der Waals surface area contributed by atoms with Crippen molar-refractivity contribution in [3.63, 3.8) is 0 Å². The predicted molar refractivity (Wildman–Crippen MR) is 77.2 cm³/mol. The highest BCUT2D eigenvalue weighted by Gasteiger charge is 2.34. The van der Waals surface area contributed by atoms with Crippen LogP contribution in [0.5, 0.6) is 0 Å². The van der Waals surface area contributed by atoms with E-state index in [2.05, 4.69) is 10.3 Å². The van der Waals surface area contributed by atoms with E-state index in [0.29, 0.717) is 25.5 Å². The Morgan fingerprint density at radius 1 is 1.50 bits per heavy atom. The maximum absolute atomic E-state index is 12.7. The first kappa shape index (κ1) is 15.2. The maximum Gasteiger partial charge on any atom is 0.243 e. The molecule has 1 aromatic rings. The minimum Gasteiger partial charge on any atom is -0.375 e. The number of sulfonamides is 1. The molecule has 0 spiro atoms. The van der Waals surface area contributed by atoms with Gasteiger partial charge in [0, 0.05) is 31.4 Å². The normalized spacial score (nSPS) is 24.6. The van der Waals surface area contributed by atoms with E-state index in [1.54, 1.807) is 6.07 Å². The van der Waals surface area contributed by atoms with Crippen molar-refractivity contribution in [2.75, 3.05) is 25.0 Å². The average Bonchev–Trinajstić information content (AvgIpc) is 2.42. The van der Waals surface area contributed by atoms with Crippen LogP contribution in [0.3, 0.4) is 0 Å². The lowest BCUT2D eigenvalue weighted by molar-refractivity contribution is -0.0170. The fourth-order valence-corrected chi connectivity index (χ4v) is 3.90. The van der Waals surface area contributed by atoms with Crippen molar-refractivity contribution in [1.29, 1.82) is 0 Å². The van der Waals surface area contributed by atoms with E-state index in [1.165, 1.54) is 16.6 Å². The first-order chi connectivity index (χ1) is 9.45. The molecule has 20 heavy (non-hydrogen) atoms. The number of hydrogen-bond acceptors (Lipinski definition) is 5. The van der Waals surface area contributed by atoms with Crippen LogP contribution in [-0.4, -0.2) is 49.5 Å². The summed E-state index contributed by atoms with van der Waals surface area (Å²) >= 11 is 0. The van der Waals surface area contributed by atoms with Crippen LogP contribution in [0.2, 0.25) is 0 Å². The quantitative estimate of drug-likeness (QED) is 0.907. The first-order valence-corrected chi connectivity index (χ1v) is 8.22. The van der Waals surface area contributed by atoms with Crippen LogP contribution >= 0.6 is 0 Å². The van der Waals surface area contributed by atoms with Crippen molar-refractivity contribution in [2.45, 2.75) is 37.8 Å². The third kappa shape index (κ3) is 3.11. The molecule has 2 rings (SSSR count). The predicted octanol–water partition coefficient (Wildman–Crippen LogP) is 1.31. The van der Waals surface area contributed by atoms with E-state index < -0.39 is 10.0 Å². The molecule has 0 aromatic carbocycles. The molecule has 0 saturated carbocycles. The zero-order valence-electron chi connectivity index (χ0n) is 12.0. The SMILES string of the molecule is CCNc1cc(S(=O)(=O)N2CC(C)OCC2C)ccn1. The molecule has 112 valence electrons. The van der Waals surface area contributed by atoms with E-state index >= 15 is 0 Å². The highest BCUT2D eigenvalue weighted by atomic mass is 32.2. The largest absolute Gasteiger partial charge is 0.375 e. The standard InChI is InChI=1S/C13H21N3O3S/c1-4-14-13-7-12(5-6-15-13)20(17,18)16-8-11(3)19-9-10(16)2/h5-7,10-11H,4,8-9H2,1-3H3,(H,14,15). The van der Waals surface area contributed by atoms with Crippen LogP contribution in [0.4, 0.5) is 5.82 Å². The number of pyridine rings is 1. The summed E-state index contributed by atoms with van der Waals surface area (Å²) in [7, 11) is -3.51. The van der Waals surface area contributed by atoms with Crippen LogP contribution in [0, 0.1) is 0 Å². The number of aromatic nitrogens is 1. The third-order valence-electron chi connectivity index (χ3n) is 3.25. The van der Waals surface area contributed by atoms with Gasteiger partial charge < -0.3 is 10.1 Å². The molecule has 1 aliphatic heterocycles. The fraction of sp³-hybridized carbons (Fsp3) is 0.615. The lowest BCUT2D eigenvalue weighted by Crippen LogP contribution is -2.50. The van der Waals surface area contributed by atoms with Gasteiger partial charge >= 0.3 is 0 Å². The number of rotatable bonds is 4. The molecule has 0 radical (unpaired) electrons. The Bertz CT molecular complexity index is 562. The Morgan fingerprint density at radius 2 is 2.25 bits per heavy atom. The summed E-state index contributed by atoms with van der Waals surface area (Å²) in [6, 6.07) is 2.95. The molecular formula is C13H21N3O3S. The van der Waals surface area contributed by atoms with Crippen molar-refractivity contribution < 1.29 is 13.2 Å². The monoisotopic (exact) mass is 299 g/mol. The Hall–Kier alpha value is -1.18. The molecule has 1 aliphatic rings. The molecule has 7 heteroatoms. The van der Waals surface area contributed by atoms with Crippen molar-refractivity contribution >= 4 is 15.8 Å². The van der Waals surface area contributed by atoms with Gasteiger partial charge in [0.2, 0.25) is 10.0 Å². The number of nitrogens with zero attached hydrogens (tertiary/aromatic N) is 2. The smallest absolute Gasteiger partial charge is 0.243 e. The summed E-state index contributed by atoms with van der Waals surface area (Å²) in [6.45, 7) is 7.17. The van der Waals surface area contributed by atoms with Crippen molar-refractivity contribution in [3.8, 4) is 0 Å². The highest BCUT2D eigenvalue weighted by Crippen LogP contribution is 2.23. The van der Waals surface area contributed by atoms with Crippen LogP contribution < -0.4 is 5.32 Å². The molecule has 0 amide bonds. The minimum absolute atomic E-state index is 0.0870. The highest BCUT2D eigenvalue weighted by molar-refractivity contribution is 7.89. The Balaban J connectivity index is 2.31. The Kier molecular flexibility index (Phi) is 4.62. The Labute approximate surface area is 120 Å². The number of nitrogens with one attached hydrogen (secondary N) is 1. The molecule has 2 unspecified atom stereocenters. The lowest BCUT2D eigenvalue weighted by atomic mass is 10.2. The second-order valence-electron chi connectivity index (χ2n) is 4.97. The van der Waals surface area contributed by atoms with Crippen molar-refractivity contribution in [3.05, 3.63) is 18.3 Å². The molecular weight excluding hydrogens is 278 g/mol. The van der Waals surface area contributed by atoms with E-state index in [-0.39, 0.29) is 17.0 Å². The number of ether oxygens (including phenoxy) is 1. The average molecular weight is 299 g/mol. The van der Waals surface area contributed by atoms with Crippen LogP contribution in [0.15, 0.2) is 23.2 Å². The molecule has 1 aromatic heterocycles. The molecule has 1 saturated heterocycles. The van der Waals surface area contributed by atoms with Gasteiger partial charge in [-0.2, -0.15) is 4.31 Å². The van der Waals surface area contributed by atoms with Gasteiger partial charge in [-0.1, -0.05) is 0 Å². The van der Waals surface area contributed by atoms with Crippen LogP contribution in [0.1, 0.15) is 20.8 Å². The van der Waals surface area contributed by atoms with Gasteiger partial charge in [0.1, 0.15) is 5.82 Å². The topological polar surface area (TPSA) is 71.5 Å². The third-order valence-corrected chi connectivity index (χ3v) is 5.22. The van der Waals surface area contributed by atoms with Crippen LogP contribution in [-0.2, 0) is 14.8 Å². The summed E-state index contributed by atoms with van der Waals surface area (Å²) in [5.41, 5.74) is 0. The maximum atomic E-state index is 12.7. The number of hydrogen-bond donors (Lipinski definition) is 1. The minimum atomic E-state index is -3.51. The number of anilines is 1. The molecule has 2 atom stereocenters. The zero-order chi connectivity index (χ0) is 14.8. The van der Waals surface area contributed by atoms with E-state index in [1.807, 2.05) is 20.8 Å². The van der Waals surface area contributed by atoms with E-state index in [4.69, 9.17) is 4.74 Å². The molecule has 0 aliphatic carbocycles. The van der Waals surface area contributed by atoms with Gasteiger partial charge in [0.15, 0.2) is 0 Å². The van der Waals surface area contributed by atoms with Gasteiger partial charge in [-0.05, 0) is 26.8 Å². The van der Waals surface area contributed by atoms with Gasteiger partial charge in [0.25, 0.3) is 0 Å². The first-order valence-electron chi connectivity index (χ1n) is 6.78. The number of morpholine rings is 1. The van der Waals surface area contributed by atoms with Gasteiger partial charge in [-0.15, -0.1) is 0 Å². The molecule has 0 bridgehead atoms. The van der Waals surface area contributed by atoms with Crippen molar-refractivity contribution in [1.82, 2.24) is 9.29 Å². The summed E-state index contributed by atoms with van der Waals surface area (Å²) in [5.74, 6) is 0.572. The summed E-state index contributed by atoms with van der Waals surface area (Å²) < 4.78 is 32.4. The van der Waals surface area contributed by atoms with Crippen molar-refractivity contribution in [2.24, 2.45) is 0 Å². The zero-order valence-corrected chi connectivity index (χ0v) is 12.9. The van der Waals surface area contributed by atoms with Gasteiger partial charge in [0.05, 0.1) is 17.6 Å². The summed E-state index contributed by atoms with van der Waals surface area (Å²) in [5, 5.41) is 3.02. The Morgan fingerprint density at radius 3 is 2.95 bits per heavy atom. The molecule has 2 heterocycles. The fourth-order valence-electron chi connectivity index (χ4n) is 2.19. The molecule has 1 N–H and O–H groups in total. The second kappa shape index (κ2) is 6.07. The summed E-state index contributed by atoms with van der Waals surface area (Å²) in [6.07, 6.45) is 1.43.